The minimum absolute atomic E-state index is 0.0334. The van der Waals surface area contributed by atoms with Crippen molar-refractivity contribution >= 4 is 35.5 Å². The van der Waals surface area contributed by atoms with Gasteiger partial charge in [-0.3, -0.25) is 4.79 Å². The number of benzene rings is 1. The van der Waals surface area contributed by atoms with E-state index in [1.807, 2.05) is 0 Å². The van der Waals surface area contributed by atoms with Gasteiger partial charge in [0.15, 0.2) is 0 Å². The molecule has 0 fully saturated rings. The van der Waals surface area contributed by atoms with Crippen molar-refractivity contribution in [3.63, 3.8) is 0 Å². The van der Waals surface area contributed by atoms with Crippen molar-refractivity contribution in [2.24, 2.45) is 9.63 Å². The average Bonchev–Trinajstić information content (AvgIpc) is 2.42. The highest BCUT2D eigenvalue weighted by Crippen LogP contribution is 2.16. The van der Waals surface area contributed by atoms with Crippen LogP contribution in [0.15, 0.2) is 33.9 Å². The molecule has 9 heteroatoms. The number of carboxylic acids is 2. The lowest BCUT2D eigenvalue weighted by Gasteiger charge is -2.10. The Morgan fingerprint density at radius 2 is 1.86 bits per heavy atom. The van der Waals surface area contributed by atoms with Crippen LogP contribution in [0.2, 0.25) is 0 Å². The predicted molar refractivity (Wildman–Crippen MR) is 75.6 cm³/mol. The van der Waals surface area contributed by atoms with Crippen LogP contribution in [-0.4, -0.2) is 39.9 Å². The van der Waals surface area contributed by atoms with Crippen LogP contribution < -0.4 is 5.32 Å². The lowest BCUT2D eigenvalue weighted by Crippen LogP contribution is -2.41. The summed E-state index contributed by atoms with van der Waals surface area (Å²) in [7, 11) is 0. The van der Waals surface area contributed by atoms with Crippen molar-refractivity contribution < 1.29 is 24.6 Å². The first-order valence-corrected chi connectivity index (χ1v) is 6.70. The topological polar surface area (TPSA) is 128 Å². The molecule has 21 heavy (non-hydrogen) atoms. The van der Waals surface area contributed by atoms with E-state index < -0.39 is 23.9 Å². The number of rotatable bonds is 7. The Bertz CT molecular complexity index is 559. The number of carbonyl (C=O) groups is 3. The third kappa shape index (κ3) is 6.04. The van der Waals surface area contributed by atoms with E-state index in [2.05, 4.69) is 15.0 Å². The summed E-state index contributed by atoms with van der Waals surface area (Å²) >= 11 is 0.883. The highest BCUT2D eigenvalue weighted by Gasteiger charge is 2.18. The summed E-state index contributed by atoms with van der Waals surface area (Å²) in [6, 6.07) is 4.70. The number of aliphatic carboxylic acids is 1. The minimum atomic E-state index is -1.15. The fraction of sp³-hybridized carbons (Fsp3) is 0.250. The second kappa shape index (κ2) is 8.00. The maximum Gasteiger partial charge on any atom is 0.335 e. The molecule has 0 heterocycles. The monoisotopic (exact) mass is 311 g/mol. The zero-order valence-corrected chi connectivity index (χ0v) is 11.8. The number of hydrogen-bond acceptors (Lipinski definition) is 6. The van der Waals surface area contributed by atoms with Crippen LogP contribution in [0.1, 0.15) is 17.3 Å². The van der Waals surface area contributed by atoms with Crippen molar-refractivity contribution in [3.05, 3.63) is 29.8 Å². The predicted octanol–water partition coefficient (Wildman–Crippen LogP) is 1.71. The van der Waals surface area contributed by atoms with Gasteiger partial charge in [0, 0.05) is 24.6 Å². The molecule has 1 atom stereocenters. The van der Waals surface area contributed by atoms with Crippen LogP contribution in [0.3, 0.4) is 0 Å². The molecule has 1 amide bonds. The first-order chi connectivity index (χ1) is 9.90. The number of amides is 1. The van der Waals surface area contributed by atoms with Gasteiger partial charge in [0.2, 0.25) is 5.91 Å². The van der Waals surface area contributed by atoms with Crippen LogP contribution in [-0.2, 0) is 9.59 Å². The maximum absolute atomic E-state index is 10.8. The normalized spacial score (nSPS) is 12.0. The number of carbonyl (C=O) groups excluding carboxylic acids is 1. The van der Waals surface area contributed by atoms with Crippen molar-refractivity contribution in [2.45, 2.75) is 13.0 Å². The molecule has 0 spiro atoms. The van der Waals surface area contributed by atoms with Gasteiger partial charge in [-0.15, -0.1) is 9.63 Å². The summed E-state index contributed by atoms with van der Waals surface area (Å²) in [4.78, 5) is 32.3. The van der Waals surface area contributed by atoms with Crippen LogP contribution >= 0.6 is 11.9 Å². The van der Waals surface area contributed by atoms with Gasteiger partial charge in [0.1, 0.15) is 6.04 Å². The molecule has 112 valence electrons. The van der Waals surface area contributed by atoms with Gasteiger partial charge in [-0.05, 0) is 24.3 Å². The summed E-state index contributed by atoms with van der Waals surface area (Å²) in [6.07, 6.45) is 0. The molecule has 0 aromatic heterocycles. The lowest BCUT2D eigenvalue weighted by atomic mass is 10.2. The van der Waals surface area contributed by atoms with E-state index in [4.69, 9.17) is 10.2 Å². The van der Waals surface area contributed by atoms with Crippen LogP contribution in [0.4, 0.5) is 5.69 Å². The van der Waals surface area contributed by atoms with Crippen molar-refractivity contribution in [2.75, 3.05) is 5.75 Å². The molecule has 1 unspecified atom stereocenters. The minimum Gasteiger partial charge on any atom is -0.480 e. The first kappa shape index (κ1) is 16.6. The third-order valence-electron chi connectivity index (χ3n) is 2.25. The number of carboxylic acid groups (broad SMARTS) is 2. The third-order valence-corrected chi connectivity index (χ3v) is 2.92. The molecule has 0 aliphatic rings. The molecule has 0 aliphatic carbocycles. The van der Waals surface area contributed by atoms with Crippen molar-refractivity contribution in [3.8, 4) is 0 Å². The SMILES string of the molecule is CC(=O)NC(CSN=Nc1ccc(C(=O)O)cc1)C(=O)O. The highest BCUT2D eigenvalue weighted by atomic mass is 32.2. The molecule has 0 saturated carbocycles. The Hall–Kier alpha value is -2.42. The molecule has 1 aromatic carbocycles. The zero-order chi connectivity index (χ0) is 15.8. The van der Waals surface area contributed by atoms with Crippen LogP contribution in [0.25, 0.3) is 0 Å². The van der Waals surface area contributed by atoms with Gasteiger partial charge in [-0.25, -0.2) is 9.59 Å². The molecule has 1 aromatic rings. The molecular weight excluding hydrogens is 298 g/mol. The summed E-state index contributed by atoms with van der Waals surface area (Å²) < 4.78 is 3.73. The van der Waals surface area contributed by atoms with Gasteiger partial charge in [0.05, 0.1) is 11.3 Å². The Morgan fingerprint density at radius 3 is 2.33 bits per heavy atom. The van der Waals surface area contributed by atoms with Crippen molar-refractivity contribution in [1.82, 2.24) is 5.32 Å². The fourth-order valence-corrected chi connectivity index (χ4v) is 1.87. The smallest absolute Gasteiger partial charge is 0.335 e. The van der Waals surface area contributed by atoms with E-state index in [1.165, 1.54) is 31.2 Å². The Morgan fingerprint density at radius 1 is 1.24 bits per heavy atom. The number of aromatic carboxylic acids is 1. The summed E-state index contributed by atoms with van der Waals surface area (Å²) in [5.74, 6) is -2.60. The quantitative estimate of drug-likeness (QED) is 0.519. The Kier molecular flexibility index (Phi) is 6.34. The van der Waals surface area contributed by atoms with E-state index in [0.29, 0.717) is 5.69 Å². The largest absolute Gasteiger partial charge is 0.480 e. The van der Waals surface area contributed by atoms with Gasteiger partial charge < -0.3 is 15.5 Å². The maximum atomic E-state index is 10.8. The second-order valence-electron chi connectivity index (χ2n) is 3.92. The van der Waals surface area contributed by atoms with E-state index in [1.54, 1.807) is 0 Å². The lowest BCUT2D eigenvalue weighted by molar-refractivity contribution is -0.140. The number of nitrogens with zero attached hydrogens (tertiary/aromatic N) is 2. The molecule has 1 rings (SSSR count). The van der Waals surface area contributed by atoms with E-state index >= 15 is 0 Å². The Labute approximate surface area is 124 Å². The first-order valence-electron chi connectivity index (χ1n) is 5.76. The highest BCUT2D eigenvalue weighted by molar-refractivity contribution is 7.97. The van der Waals surface area contributed by atoms with Crippen molar-refractivity contribution in [1.29, 1.82) is 0 Å². The zero-order valence-electron chi connectivity index (χ0n) is 11.0. The average molecular weight is 311 g/mol. The second-order valence-corrected chi connectivity index (χ2v) is 4.68. The summed E-state index contributed by atoms with van der Waals surface area (Å²) in [6.45, 7) is 1.23. The van der Waals surface area contributed by atoms with Crippen LogP contribution in [0.5, 0.6) is 0 Å². The molecular formula is C12H13N3O5S. The molecule has 0 saturated heterocycles. The van der Waals surface area contributed by atoms with Gasteiger partial charge in [-0.1, -0.05) is 0 Å². The van der Waals surface area contributed by atoms with Gasteiger partial charge in [-0.2, -0.15) is 0 Å². The molecule has 0 bridgehead atoms. The van der Waals surface area contributed by atoms with E-state index in [9.17, 15) is 14.4 Å². The summed E-state index contributed by atoms with van der Waals surface area (Å²) in [5, 5.41) is 23.7. The van der Waals surface area contributed by atoms with Gasteiger partial charge >= 0.3 is 11.9 Å². The number of hydrogen-bond donors (Lipinski definition) is 3. The standard InChI is InChI=1S/C12H13N3O5S/c1-7(16)13-10(12(19)20)6-21-15-14-9-4-2-8(3-5-9)11(17)18/h2-5,10H,6H2,1H3,(H,13,16)(H,17,18)(H,19,20). The van der Waals surface area contributed by atoms with E-state index in [-0.39, 0.29) is 11.3 Å². The molecule has 3 N–H and O–H groups in total. The Balaban J connectivity index is 2.51. The van der Waals surface area contributed by atoms with Crippen LogP contribution in [0, 0.1) is 0 Å². The van der Waals surface area contributed by atoms with Gasteiger partial charge in [0.25, 0.3) is 0 Å². The van der Waals surface area contributed by atoms with E-state index in [0.717, 1.165) is 11.9 Å². The number of nitrogens with one attached hydrogen (secondary N) is 1. The molecule has 8 nitrogen and oxygen atoms in total. The fourth-order valence-electron chi connectivity index (χ4n) is 1.27. The molecule has 0 aliphatic heterocycles. The summed E-state index contributed by atoms with van der Waals surface area (Å²) in [5.41, 5.74) is 0.581. The molecule has 0 radical (unpaired) electrons.